The van der Waals surface area contributed by atoms with E-state index in [1.165, 1.54) is 49.7 Å². The lowest BCUT2D eigenvalue weighted by Gasteiger charge is -2.61. The first-order valence-electron chi connectivity index (χ1n) is 8.33. The second-order valence-electron chi connectivity index (χ2n) is 7.63. The number of nitrogens with zero attached hydrogens (tertiary/aromatic N) is 2. The molecule has 0 bridgehead atoms. The van der Waals surface area contributed by atoms with E-state index in [-0.39, 0.29) is 0 Å². The molecule has 19 heavy (non-hydrogen) atoms. The van der Waals surface area contributed by atoms with Crippen molar-refractivity contribution in [2.75, 3.05) is 26.7 Å². The van der Waals surface area contributed by atoms with Gasteiger partial charge in [0.1, 0.15) is 0 Å². The Morgan fingerprint density at radius 3 is 2.74 bits per heavy atom. The lowest BCUT2D eigenvalue weighted by Crippen LogP contribution is -2.72. The molecule has 0 aliphatic carbocycles. The molecule has 1 amide bonds. The van der Waals surface area contributed by atoms with Crippen LogP contribution in [0.1, 0.15) is 44.9 Å². The van der Waals surface area contributed by atoms with Crippen LogP contribution in [-0.2, 0) is 4.79 Å². The van der Waals surface area contributed by atoms with Crippen molar-refractivity contribution in [3.05, 3.63) is 0 Å². The molecule has 0 aromatic heterocycles. The molecule has 0 saturated carbocycles. The molecule has 1 unspecified atom stereocenters. The third kappa shape index (κ3) is 1.70. The largest absolute Gasteiger partial charge is 0.339 e. The van der Waals surface area contributed by atoms with Gasteiger partial charge in [-0.3, -0.25) is 4.79 Å². The van der Waals surface area contributed by atoms with Crippen molar-refractivity contribution in [2.45, 2.75) is 57.0 Å². The van der Waals surface area contributed by atoms with Crippen LogP contribution in [0.2, 0.25) is 0 Å². The van der Waals surface area contributed by atoms with Crippen LogP contribution in [0, 0.1) is 11.8 Å². The average Bonchev–Trinajstić information content (AvgIpc) is 2.40. The molecule has 3 heteroatoms. The summed E-state index contributed by atoms with van der Waals surface area (Å²) in [5.41, 5.74) is 0. The third-order valence-corrected chi connectivity index (χ3v) is 6.63. The first-order chi connectivity index (χ1) is 9.19. The highest BCUT2D eigenvalue weighted by atomic mass is 16.2. The zero-order valence-electron chi connectivity index (χ0n) is 12.2. The summed E-state index contributed by atoms with van der Waals surface area (Å²) in [6.07, 6.45) is 8.72. The van der Waals surface area contributed by atoms with E-state index in [1.54, 1.807) is 0 Å². The van der Waals surface area contributed by atoms with Crippen LogP contribution in [0.5, 0.6) is 0 Å². The second kappa shape index (κ2) is 4.21. The second-order valence-corrected chi connectivity index (χ2v) is 7.63. The zero-order chi connectivity index (χ0) is 13.0. The maximum absolute atomic E-state index is 12.3. The van der Waals surface area contributed by atoms with Crippen LogP contribution >= 0.6 is 0 Å². The van der Waals surface area contributed by atoms with Crippen molar-refractivity contribution in [3.63, 3.8) is 0 Å². The minimum absolute atomic E-state index is 0.458. The van der Waals surface area contributed by atoms with E-state index in [0.29, 0.717) is 11.9 Å². The van der Waals surface area contributed by atoms with Gasteiger partial charge in [0.25, 0.3) is 0 Å². The number of rotatable bonds is 0. The fourth-order valence-electron chi connectivity index (χ4n) is 5.98. The van der Waals surface area contributed by atoms with Gasteiger partial charge in [-0.2, -0.15) is 0 Å². The van der Waals surface area contributed by atoms with E-state index in [9.17, 15) is 4.79 Å². The van der Waals surface area contributed by atoms with Gasteiger partial charge >= 0.3 is 0 Å². The molecule has 4 heterocycles. The highest BCUT2D eigenvalue weighted by Gasteiger charge is 2.56. The summed E-state index contributed by atoms with van der Waals surface area (Å²) in [5.74, 6) is 2.06. The number of carbonyl (C=O) groups excluding carboxylic acids is 1. The standard InChI is InChI=1S/C16H27N2O/c1-18-9-3-5-12-11-17-14(7-2-8-15(17)19)13(16(12)18)6-4-10-18/h12-14,16H,2-11H2,1H3/q+1/t12-,13-,14-,16+,18?/m0/s1. The van der Waals surface area contributed by atoms with Crippen molar-refractivity contribution in [2.24, 2.45) is 11.8 Å². The van der Waals surface area contributed by atoms with Gasteiger partial charge in [0, 0.05) is 30.8 Å². The van der Waals surface area contributed by atoms with E-state index < -0.39 is 0 Å². The van der Waals surface area contributed by atoms with E-state index in [1.807, 2.05) is 0 Å². The molecule has 0 radical (unpaired) electrons. The summed E-state index contributed by atoms with van der Waals surface area (Å²) < 4.78 is 1.33. The Kier molecular flexibility index (Phi) is 2.70. The molecule has 0 spiro atoms. The number of quaternary nitrogens is 1. The Labute approximate surface area is 116 Å². The predicted octanol–water partition coefficient (Wildman–Crippen LogP) is 2.02. The van der Waals surface area contributed by atoms with E-state index >= 15 is 0 Å². The van der Waals surface area contributed by atoms with E-state index in [2.05, 4.69) is 11.9 Å². The highest BCUT2D eigenvalue weighted by molar-refractivity contribution is 5.77. The molecule has 4 saturated heterocycles. The van der Waals surface area contributed by atoms with Crippen molar-refractivity contribution >= 4 is 5.91 Å². The van der Waals surface area contributed by atoms with E-state index in [4.69, 9.17) is 0 Å². The van der Waals surface area contributed by atoms with Gasteiger partial charge in [-0.05, 0) is 38.5 Å². The van der Waals surface area contributed by atoms with Crippen LogP contribution < -0.4 is 0 Å². The molecule has 0 aromatic rings. The summed E-state index contributed by atoms with van der Waals surface area (Å²) in [4.78, 5) is 14.6. The Hall–Kier alpha value is -0.570. The molecular weight excluding hydrogens is 236 g/mol. The van der Waals surface area contributed by atoms with Crippen molar-refractivity contribution in [3.8, 4) is 0 Å². The molecule has 3 nitrogen and oxygen atoms in total. The fourth-order valence-corrected chi connectivity index (χ4v) is 5.98. The van der Waals surface area contributed by atoms with Gasteiger partial charge in [-0.15, -0.1) is 0 Å². The van der Waals surface area contributed by atoms with Gasteiger partial charge in [-0.25, -0.2) is 0 Å². The predicted molar refractivity (Wildman–Crippen MR) is 74.5 cm³/mol. The molecule has 0 aromatic carbocycles. The molecule has 4 aliphatic heterocycles. The monoisotopic (exact) mass is 263 g/mol. The topological polar surface area (TPSA) is 20.3 Å². The first-order valence-corrected chi connectivity index (χ1v) is 8.33. The van der Waals surface area contributed by atoms with Crippen molar-refractivity contribution < 1.29 is 9.28 Å². The van der Waals surface area contributed by atoms with Gasteiger partial charge in [0.15, 0.2) is 0 Å². The van der Waals surface area contributed by atoms with Crippen molar-refractivity contribution in [1.82, 2.24) is 4.90 Å². The molecule has 4 fully saturated rings. The number of hydrogen-bond donors (Lipinski definition) is 0. The number of carbonyl (C=O) groups is 1. The van der Waals surface area contributed by atoms with Crippen LogP contribution in [-0.4, -0.2) is 54.1 Å². The summed E-state index contributed by atoms with van der Waals surface area (Å²) in [7, 11) is 2.50. The Morgan fingerprint density at radius 2 is 1.89 bits per heavy atom. The van der Waals surface area contributed by atoms with Crippen LogP contribution in [0.4, 0.5) is 0 Å². The average molecular weight is 263 g/mol. The minimum atomic E-state index is 0.458. The smallest absolute Gasteiger partial charge is 0.222 e. The molecular formula is C16H27N2O+. The lowest BCUT2D eigenvalue weighted by atomic mass is 9.67. The van der Waals surface area contributed by atoms with Crippen LogP contribution in [0.25, 0.3) is 0 Å². The molecule has 0 N–H and O–H groups in total. The van der Waals surface area contributed by atoms with Crippen molar-refractivity contribution in [1.29, 1.82) is 0 Å². The van der Waals surface area contributed by atoms with Crippen LogP contribution in [0.3, 0.4) is 0 Å². The lowest BCUT2D eigenvalue weighted by molar-refractivity contribution is -0.952. The first kappa shape index (κ1) is 12.2. The minimum Gasteiger partial charge on any atom is -0.339 e. The van der Waals surface area contributed by atoms with Crippen LogP contribution in [0.15, 0.2) is 0 Å². The highest BCUT2D eigenvalue weighted by Crippen LogP contribution is 2.47. The van der Waals surface area contributed by atoms with Gasteiger partial charge < -0.3 is 9.38 Å². The maximum Gasteiger partial charge on any atom is 0.222 e. The third-order valence-electron chi connectivity index (χ3n) is 6.63. The van der Waals surface area contributed by atoms with Gasteiger partial charge in [0.2, 0.25) is 5.91 Å². The van der Waals surface area contributed by atoms with Gasteiger partial charge in [-0.1, -0.05) is 0 Å². The number of piperidine rings is 4. The number of amides is 1. The maximum atomic E-state index is 12.3. The molecule has 4 aliphatic rings. The Bertz CT molecular complexity index is 392. The molecule has 5 atom stereocenters. The normalized spacial score (nSPS) is 49.5. The van der Waals surface area contributed by atoms with Gasteiger partial charge in [0.05, 0.1) is 26.2 Å². The molecule has 106 valence electrons. The Balaban J connectivity index is 1.69. The summed E-state index contributed by atoms with van der Waals surface area (Å²) in [5, 5.41) is 0. The summed E-state index contributed by atoms with van der Waals surface area (Å²) >= 11 is 0. The zero-order valence-corrected chi connectivity index (χ0v) is 12.2. The number of fused-ring (bicyclic) bond motifs is 2. The SMILES string of the molecule is C[N+]12CCC[C@H]3CN4C(=O)CCC[C@H]4[C@H](CCC1)[C@@H]32. The van der Waals surface area contributed by atoms with E-state index in [0.717, 1.165) is 37.3 Å². The summed E-state index contributed by atoms with van der Waals surface area (Å²) in [6, 6.07) is 1.47. The molecule has 4 rings (SSSR count). The summed E-state index contributed by atoms with van der Waals surface area (Å²) in [6.45, 7) is 3.86. The quantitative estimate of drug-likeness (QED) is 0.612. The fraction of sp³-hybridized carbons (Fsp3) is 0.938. The Morgan fingerprint density at radius 1 is 1.11 bits per heavy atom. The number of hydrogen-bond acceptors (Lipinski definition) is 1.